The molecule has 4 rings (SSSR count). The van der Waals surface area contributed by atoms with E-state index in [4.69, 9.17) is 4.42 Å². The molecule has 1 amide bonds. The second kappa shape index (κ2) is 8.51. The van der Waals surface area contributed by atoms with Crippen LogP contribution in [-0.2, 0) is 17.6 Å². The van der Waals surface area contributed by atoms with Crippen molar-refractivity contribution in [1.29, 1.82) is 0 Å². The second-order valence-corrected chi connectivity index (χ2v) is 7.32. The van der Waals surface area contributed by atoms with Gasteiger partial charge in [-0.25, -0.2) is 8.78 Å². The van der Waals surface area contributed by atoms with E-state index in [0.717, 1.165) is 24.0 Å². The van der Waals surface area contributed by atoms with E-state index in [-0.39, 0.29) is 29.9 Å². The number of hydrogen-bond acceptors (Lipinski definition) is 4. The summed E-state index contributed by atoms with van der Waals surface area (Å²) in [7, 11) is 0. The summed E-state index contributed by atoms with van der Waals surface area (Å²) < 4.78 is 31.9. The van der Waals surface area contributed by atoms with Gasteiger partial charge in [-0.15, -0.1) is 10.2 Å². The molecule has 0 saturated carbocycles. The van der Waals surface area contributed by atoms with Gasteiger partial charge in [-0.3, -0.25) is 4.79 Å². The van der Waals surface area contributed by atoms with Gasteiger partial charge in [0.25, 0.3) is 0 Å². The van der Waals surface area contributed by atoms with Crippen molar-refractivity contribution >= 4 is 5.91 Å². The van der Waals surface area contributed by atoms with Crippen molar-refractivity contribution in [3.63, 3.8) is 0 Å². The molecule has 1 fully saturated rings. The van der Waals surface area contributed by atoms with Crippen LogP contribution in [0.5, 0.6) is 0 Å². The van der Waals surface area contributed by atoms with E-state index in [9.17, 15) is 13.6 Å². The zero-order chi connectivity index (χ0) is 20.2. The maximum Gasteiger partial charge on any atom is 0.227 e. The predicted octanol–water partition coefficient (Wildman–Crippen LogP) is 3.89. The third-order valence-electron chi connectivity index (χ3n) is 5.14. The van der Waals surface area contributed by atoms with Gasteiger partial charge in [-0.2, -0.15) is 0 Å². The molecule has 2 heterocycles. The molecule has 1 saturated heterocycles. The molecule has 29 heavy (non-hydrogen) atoms. The lowest BCUT2D eigenvalue weighted by Gasteiger charge is -2.31. The van der Waals surface area contributed by atoms with Crippen LogP contribution < -0.4 is 0 Å². The minimum Gasteiger partial charge on any atom is -0.425 e. The largest absolute Gasteiger partial charge is 0.425 e. The van der Waals surface area contributed by atoms with Gasteiger partial charge in [0.1, 0.15) is 11.6 Å². The first kappa shape index (κ1) is 19.2. The molecule has 150 valence electrons. The van der Waals surface area contributed by atoms with E-state index >= 15 is 0 Å². The Hall–Kier alpha value is -3.09. The van der Waals surface area contributed by atoms with Crippen LogP contribution >= 0.6 is 0 Å². The van der Waals surface area contributed by atoms with Crippen molar-refractivity contribution in [1.82, 2.24) is 15.1 Å². The number of halogens is 2. The standard InChI is InChI=1S/C22H21F2N3O2/c23-18-7-3-15(4-8-18)12-20-25-26-22(29-20)17-2-1-11-27(14-17)21(28)13-16-5-9-19(24)10-6-16/h3-10,17H,1-2,11-14H2. The predicted molar refractivity (Wildman–Crippen MR) is 102 cm³/mol. The van der Waals surface area contributed by atoms with Crippen LogP contribution in [0.2, 0.25) is 0 Å². The van der Waals surface area contributed by atoms with Crippen molar-refractivity contribution < 1.29 is 18.0 Å². The molecule has 1 aromatic heterocycles. The number of rotatable bonds is 5. The summed E-state index contributed by atoms with van der Waals surface area (Å²) in [6.45, 7) is 1.21. The summed E-state index contributed by atoms with van der Waals surface area (Å²) in [5.74, 6) is 0.408. The van der Waals surface area contributed by atoms with Crippen LogP contribution in [0.4, 0.5) is 8.78 Å². The first-order valence-electron chi connectivity index (χ1n) is 9.66. The molecule has 5 nitrogen and oxygen atoms in total. The van der Waals surface area contributed by atoms with Gasteiger partial charge in [-0.1, -0.05) is 24.3 Å². The van der Waals surface area contributed by atoms with Gasteiger partial charge in [0, 0.05) is 13.1 Å². The minimum atomic E-state index is -0.313. The molecule has 1 aliphatic heterocycles. The Balaban J connectivity index is 1.38. The number of aromatic nitrogens is 2. The van der Waals surface area contributed by atoms with Crippen LogP contribution in [0.1, 0.15) is 41.7 Å². The highest BCUT2D eigenvalue weighted by molar-refractivity contribution is 5.78. The molecule has 0 N–H and O–H groups in total. The molecule has 7 heteroatoms. The summed E-state index contributed by atoms with van der Waals surface area (Å²) in [6, 6.07) is 12.2. The molecule has 0 spiro atoms. The number of likely N-dealkylation sites (tertiary alicyclic amines) is 1. The normalized spacial score (nSPS) is 16.8. The third-order valence-corrected chi connectivity index (χ3v) is 5.14. The Kier molecular flexibility index (Phi) is 5.64. The quantitative estimate of drug-likeness (QED) is 0.656. The van der Waals surface area contributed by atoms with Crippen molar-refractivity contribution in [3.05, 3.63) is 83.1 Å². The molecule has 0 bridgehead atoms. The van der Waals surface area contributed by atoms with E-state index in [2.05, 4.69) is 10.2 Å². The number of nitrogens with zero attached hydrogens (tertiary/aromatic N) is 3. The van der Waals surface area contributed by atoms with Gasteiger partial charge < -0.3 is 9.32 Å². The monoisotopic (exact) mass is 397 g/mol. The second-order valence-electron chi connectivity index (χ2n) is 7.32. The fourth-order valence-electron chi connectivity index (χ4n) is 3.57. The zero-order valence-corrected chi connectivity index (χ0v) is 15.9. The number of piperidine rings is 1. The molecule has 1 unspecified atom stereocenters. The molecule has 0 aliphatic carbocycles. The van der Waals surface area contributed by atoms with Crippen molar-refractivity contribution in [2.24, 2.45) is 0 Å². The van der Waals surface area contributed by atoms with Crippen LogP contribution in [0, 0.1) is 11.6 Å². The number of amides is 1. The number of hydrogen-bond donors (Lipinski definition) is 0. The topological polar surface area (TPSA) is 59.2 Å². The third kappa shape index (κ3) is 4.85. The van der Waals surface area contributed by atoms with Crippen molar-refractivity contribution in [3.8, 4) is 0 Å². The van der Waals surface area contributed by atoms with Crippen LogP contribution in [0.25, 0.3) is 0 Å². The van der Waals surface area contributed by atoms with Crippen molar-refractivity contribution in [2.45, 2.75) is 31.6 Å². The van der Waals surface area contributed by atoms with E-state index in [0.29, 0.717) is 31.3 Å². The fraction of sp³-hybridized carbons (Fsp3) is 0.318. The van der Waals surface area contributed by atoms with Gasteiger partial charge in [0.15, 0.2) is 0 Å². The zero-order valence-electron chi connectivity index (χ0n) is 15.9. The molecule has 3 aromatic rings. The van der Waals surface area contributed by atoms with Crippen LogP contribution in [0.15, 0.2) is 52.9 Å². The summed E-state index contributed by atoms with van der Waals surface area (Å²) in [4.78, 5) is 14.4. The van der Waals surface area contributed by atoms with Gasteiger partial charge in [0.05, 0.1) is 18.8 Å². The van der Waals surface area contributed by atoms with E-state index in [1.165, 1.54) is 24.3 Å². The lowest BCUT2D eigenvalue weighted by molar-refractivity contribution is -0.131. The summed E-state index contributed by atoms with van der Waals surface area (Å²) >= 11 is 0. The summed E-state index contributed by atoms with van der Waals surface area (Å²) in [6.07, 6.45) is 2.41. The average molecular weight is 397 g/mol. The lowest BCUT2D eigenvalue weighted by Crippen LogP contribution is -2.40. The Morgan fingerprint density at radius 3 is 2.34 bits per heavy atom. The highest BCUT2D eigenvalue weighted by Gasteiger charge is 2.28. The average Bonchev–Trinajstić information content (AvgIpc) is 3.20. The number of carbonyl (C=O) groups is 1. The van der Waals surface area contributed by atoms with Gasteiger partial charge >= 0.3 is 0 Å². The van der Waals surface area contributed by atoms with Crippen LogP contribution in [-0.4, -0.2) is 34.1 Å². The Labute approximate surface area is 167 Å². The molecule has 2 aromatic carbocycles. The smallest absolute Gasteiger partial charge is 0.227 e. The Morgan fingerprint density at radius 2 is 1.66 bits per heavy atom. The fourth-order valence-corrected chi connectivity index (χ4v) is 3.57. The van der Waals surface area contributed by atoms with Crippen molar-refractivity contribution in [2.75, 3.05) is 13.1 Å². The molecule has 0 radical (unpaired) electrons. The van der Waals surface area contributed by atoms with Crippen LogP contribution in [0.3, 0.4) is 0 Å². The maximum atomic E-state index is 13.0. The van der Waals surface area contributed by atoms with E-state index in [1.807, 2.05) is 0 Å². The van der Waals surface area contributed by atoms with Gasteiger partial charge in [0.2, 0.25) is 17.7 Å². The Bertz CT molecular complexity index is 970. The highest BCUT2D eigenvalue weighted by Crippen LogP contribution is 2.27. The molecule has 1 aliphatic rings. The first-order chi connectivity index (χ1) is 14.1. The maximum absolute atomic E-state index is 13.0. The molecular weight excluding hydrogens is 376 g/mol. The van der Waals surface area contributed by atoms with E-state index in [1.54, 1.807) is 29.2 Å². The summed E-state index contributed by atoms with van der Waals surface area (Å²) in [5.41, 5.74) is 1.68. The summed E-state index contributed by atoms with van der Waals surface area (Å²) in [5, 5.41) is 8.28. The highest BCUT2D eigenvalue weighted by atomic mass is 19.1. The van der Waals surface area contributed by atoms with E-state index < -0.39 is 0 Å². The first-order valence-corrected chi connectivity index (χ1v) is 9.66. The lowest BCUT2D eigenvalue weighted by atomic mass is 9.97. The minimum absolute atomic E-state index is 0.00427. The van der Waals surface area contributed by atoms with Gasteiger partial charge in [-0.05, 0) is 48.2 Å². The number of benzene rings is 2. The SMILES string of the molecule is O=C(Cc1ccc(F)cc1)N1CCCC(c2nnc(Cc3ccc(F)cc3)o2)C1. The Morgan fingerprint density at radius 1 is 1.00 bits per heavy atom. The number of carbonyl (C=O) groups excluding carboxylic acids is 1. The molecular formula is C22H21F2N3O2. The molecule has 1 atom stereocenters.